The second-order valence-corrected chi connectivity index (χ2v) is 7.80. The van der Waals surface area contributed by atoms with Crippen LogP contribution in [-0.2, 0) is 5.75 Å². The van der Waals surface area contributed by atoms with Crippen molar-refractivity contribution in [2.24, 2.45) is 0 Å². The predicted molar refractivity (Wildman–Crippen MR) is 107 cm³/mol. The minimum Gasteiger partial charge on any atom is -0.497 e. The molecule has 0 aliphatic rings. The number of hydrogen-bond acceptors (Lipinski definition) is 6. The van der Waals surface area contributed by atoms with Crippen molar-refractivity contribution in [1.82, 2.24) is 19.7 Å². The monoisotopic (exact) mass is 382 g/mol. The van der Waals surface area contributed by atoms with Gasteiger partial charge >= 0.3 is 0 Å². The second-order valence-electron chi connectivity index (χ2n) is 5.94. The minimum absolute atomic E-state index is 0.759. The minimum atomic E-state index is 0.759. The van der Waals surface area contributed by atoms with E-state index in [-0.39, 0.29) is 0 Å². The zero-order valence-electron chi connectivity index (χ0n) is 14.8. The summed E-state index contributed by atoms with van der Waals surface area (Å²) in [5, 5.41) is 7.41. The highest BCUT2D eigenvalue weighted by Gasteiger charge is 2.14. The quantitative estimate of drug-likeness (QED) is 0.367. The molecule has 7 heteroatoms. The van der Waals surface area contributed by atoms with E-state index in [1.165, 1.54) is 5.56 Å². The van der Waals surface area contributed by atoms with Crippen molar-refractivity contribution in [3.63, 3.8) is 0 Å². The van der Waals surface area contributed by atoms with Crippen LogP contribution in [-0.4, -0.2) is 26.9 Å². The Hall–Kier alpha value is -2.38. The van der Waals surface area contributed by atoms with Crippen LogP contribution in [0.1, 0.15) is 17.0 Å². The standard InChI is InChI=1S/C19H18N4OS2/c1-12-10-13(2)23(22-12)18-17-16(8-9-25-17)20-19(21-18)26-11-14-4-6-15(24-3)7-5-14/h4-10H,11H2,1-3H3. The van der Waals surface area contributed by atoms with Crippen molar-refractivity contribution in [3.8, 4) is 11.6 Å². The molecule has 0 atom stereocenters. The van der Waals surface area contributed by atoms with Gasteiger partial charge in [0.2, 0.25) is 0 Å². The number of nitrogens with zero attached hydrogens (tertiary/aromatic N) is 4. The van der Waals surface area contributed by atoms with E-state index in [4.69, 9.17) is 14.7 Å². The van der Waals surface area contributed by atoms with Gasteiger partial charge in [0.15, 0.2) is 11.0 Å². The lowest BCUT2D eigenvalue weighted by molar-refractivity contribution is 0.414. The molecule has 0 N–H and O–H groups in total. The van der Waals surface area contributed by atoms with Crippen molar-refractivity contribution in [3.05, 3.63) is 58.7 Å². The van der Waals surface area contributed by atoms with Gasteiger partial charge < -0.3 is 4.74 Å². The highest BCUT2D eigenvalue weighted by atomic mass is 32.2. The van der Waals surface area contributed by atoms with Crippen LogP contribution in [0, 0.1) is 13.8 Å². The maximum absolute atomic E-state index is 5.21. The molecule has 0 amide bonds. The summed E-state index contributed by atoms with van der Waals surface area (Å²) in [6, 6.07) is 12.2. The third-order valence-electron chi connectivity index (χ3n) is 4.00. The average molecular weight is 383 g/mol. The molecule has 0 unspecified atom stereocenters. The van der Waals surface area contributed by atoms with Gasteiger partial charge in [-0.1, -0.05) is 23.9 Å². The normalized spacial score (nSPS) is 11.2. The number of hydrogen-bond donors (Lipinski definition) is 0. The molecule has 0 spiro atoms. The summed E-state index contributed by atoms with van der Waals surface area (Å²) in [4.78, 5) is 9.51. The van der Waals surface area contributed by atoms with Gasteiger partial charge in [-0.3, -0.25) is 0 Å². The Bertz CT molecular complexity index is 1050. The van der Waals surface area contributed by atoms with Gasteiger partial charge in [-0.2, -0.15) is 5.10 Å². The van der Waals surface area contributed by atoms with Gasteiger partial charge in [0.1, 0.15) is 5.75 Å². The molecule has 1 aromatic carbocycles. The maximum Gasteiger partial charge on any atom is 0.190 e. The molecule has 3 heterocycles. The fourth-order valence-electron chi connectivity index (χ4n) is 2.75. The Morgan fingerprint density at radius 2 is 1.92 bits per heavy atom. The van der Waals surface area contributed by atoms with Crippen LogP contribution in [0.3, 0.4) is 0 Å². The predicted octanol–water partition coefficient (Wildman–Crippen LogP) is 4.79. The Balaban J connectivity index is 1.66. The molecule has 0 aliphatic carbocycles. The van der Waals surface area contributed by atoms with E-state index in [9.17, 15) is 0 Å². The average Bonchev–Trinajstić information content (AvgIpc) is 3.25. The first kappa shape index (κ1) is 17.1. The Kier molecular flexibility index (Phi) is 4.65. The molecule has 0 fully saturated rings. The zero-order chi connectivity index (χ0) is 18.1. The van der Waals surface area contributed by atoms with Crippen LogP contribution >= 0.6 is 23.1 Å². The number of thioether (sulfide) groups is 1. The number of benzene rings is 1. The van der Waals surface area contributed by atoms with E-state index in [0.717, 1.165) is 44.1 Å². The summed E-state index contributed by atoms with van der Waals surface area (Å²) in [6.07, 6.45) is 0. The van der Waals surface area contributed by atoms with Crippen molar-refractivity contribution < 1.29 is 4.74 Å². The molecule has 132 valence electrons. The van der Waals surface area contributed by atoms with E-state index in [1.54, 1.807) is 30.2 Å². The van der Waals surface area contributed by atoms with Crippen LogP contribution < -0.4 is 4.74 Å². The number of aryl methyl sites for hydroxylation is 2. The third kappa shape index (κ3) is 3.32. The summed E-state index contributed by atoms with van der Waals surface area (Å²) in [6.45, 7) is 4.04. The van der Waals surface area contributed by atoms with E-state index in [2.05, 4.69) is 23.3 Å². The number of rotatable bonds is 5. The molecule has 5 nitrogen and oxygen atoms in total. The number of thiophene rings is 1. The topological polar surface area (TPSA) is 52.8 Å². The second kappa shape index (κ2) is 7.09. The summed E-state index contributed by atoms with van der Waals surface area (Å²) < 4.78 is 8.18. The van der Waals surface area contributed by atoms with Gasteiger partial charge in [0.05, 0.1) is 23.0 Å². The Labute approximate surface area is 160 Å². The van der Waals surface area contributed by atoms with Gasteiger partial charge in [-0.15, -0.1) is 11.3 Å². The highest BCUT2D eigenvalue weighted by molar-refractivity contribution is 7.98. The zero-order valence-corrected chi connectivity index (χ0v) is 16.4. The lowest BCUT2D eigenvalue weighted by Crippen LogP contribution is -2.04. The molecule has 0 saturated heterocycles. The maximum atomic E-state index is 5.21. The van der Waals surface area contributed by atoms with Crippen molar-refractivity contribution in [2.75, 3.05) is 7.11 Å². The number of ether oxygens (including phenoxy) is 1. The van der Waals surface area contributed by atoms with Crippen LogP contribution in [0.4, 0.5) is 0 Å². The molecule has 0 bridgehead atoms. The summed E-state index contributed by atoms with van der Waals surface area (Å²) >= 11 is 3.27. The fraction of sp³-hybridized carbons (Fsp3) is 0.211. The van der Waals surface area contributed by atoms with Crippen LogP contribution in [0.5, 0.6) is 5.75 Å². The van der Waals surface area contributed by atoms with E-state index in [0.29, 0.717) is 0 Å². The molecule has 0 aliphatic heterocycles. The van der Waals surface area contributed by atoms with E-state index < -0.39 is 0 Å². The van der Waals surface area contributed by atoms with E-state index in [1.807, 2.05) is 42.1 Å². The Morgan fingerprint density at radius 1 is 1.12 bits per heavy atom. The van der Waals surface area contributed by atoms with Crippen molar-refractivity contribution >= 4 is 33.3 Å². The van der Waals surface area contributed by atoms with Gasteiger partial charge in [0.25, 0.3) is 0 Å². The SMILES string of the molecule is COc1ccc(CSc2nc(-n3nc(C)cc3C)c3sccc3n2)cc1. The number of methoxy groups -OCH3 is 1. The van der Waals surface area contributed by atoms with Crippen LogP contribution in [0.25, 0.3) is 16.0 Å². The third-order valence-corrected chi connectivity index (χ3v) is 5.82. The lowest BCUT2D eigenvalue weighted by Gasteiger charge is -2.08. The molecule has 4 aromatic rings. The fourth-order valence-corrected chi connectivity index (χ4v) is 4.36. The first-order valence-electron chi connectivity index (χ1n) is 8.18. The molecule has 3 aromatic heterocycles. The molecule has 26 heavy (non-hydrogen) atoms. The van der Waals surface area contributed by atoms with Gasteiger partial charge in [-0.05, 0) is 49.1 Å². The largest absolute Gasteiger partial charge is 0.497 e. The summed E-state index contributed by atoms with van der Waals surface area (Å²) in [5.74, 6) is 2.52. The molecular weight excluding hydrogens is 364 g/mol. The van der Waals surface area contributed by atoms with Crippen molar-refractivity contribution in [2.45, 2.75) is 24.8 Å². The molecule has 4 rings (SSSR count). The smallest absolute Gasteiger partial charge is 0.190 e. The number of fused-ring (bicyclic) bond motifs is 1. The van der Waals surface area contributed by atoms with Crippen LogP contribution in [0.15, 0.2) is 46.9 Å². The molecule has 0 radical (unpaired) electrons. The molecular formula is C19H18N4OS2. The molecule has 0 saturated carbocycles. The summed E-state index contributed by atoms with van der Waals surface area (Å²) in [7, 11) is 1.67. The van der Waals surface area contributed by atoms with Crippen molar-refractivity contribution in [1.29, 1.82) is 0 Å². The van der Waals surface area contributed by atoms with Gasteiger partial charge in [-0.25, -0.2) is 14.6 Å². The lowest BCUT2D eigenvalue weighted by atomic mass is 10.2. The Morgan fingerprint density at radius 3 is 2.62 bits per heavy atom. The summed E-state index contributed by atoms with van der Waals surface area (Å²) in [5.41, 5.74) is 4.22. The van der Waals surface area contributed by atoms with E-state index >= 15 is 0 Å². The first-order chi connectivity index (χ1) is 12.6. The first-order valence-corrected chi connectivity index (χ1v) is 10.0. The number of aromatic nitrogens is 4. The highest BCUT2D eigenvalue weighted by Crippen LogP contribution is 2.29. The van der Waals surface area contributed by atoms with Gasteiger partial charge in [0, 0.05) is 11.4 Å². The van der Waals surface area contributed by atoms with Crippen LogP contribution in [0.2, 0.25) is 0 Å².